The molecule has 0 saturated heterocycles. The number of benzene rings is 2. The number of carbonyl (C=O) groups is 3. The van der Waals surface area contributed by atoms with Crippen LogP contribution in [-0.4, -0.2) is 52.3 Å². The Morgan fingerprint density at radius 2 is 1.57 bits per heavy atom. The van der Waals surface area contributed by atoms with Crippen LogP contribution >= 0.6 is 0 Å². The van der Waals surface area contributed by atoms with Crippen molar-refractivity contribution in [3.8, 4) is 11.4 Å². The maximum absolute atomic E-state index is 12.4. The van der Waals surface area contributed by atoms with Gasteiger partial charge in [0.1, 0.15) is 6.54 Å². The van der Waals surface area contributed by atoms with E-state index in [0.717, 1.165) is 15.9 Å². The summed E-state index contributed by atoms with van der Waals surface area (Å²) in [6.45, 7) is 1.76. The summed E-state index contributed by atoms with van der Waals surface area (Å²) in [6, 6.07) is 11.7. The molecule has 0 bridgehead atoms. The van der Waals surface area contributed by atoms with E-state index in [-0.39, 0.29) is 23.4 Å². The molecule has 10 nitrogen and oxygen atoms in total. The first-order valence-corrected chi connectivity index (χ1v) is 8.86. The van der Waals surface area contributed by atoms with Gasteiger partial charge in [-0.05, 0) is 30.3 Å². The molecular weight excluding hydrogens is 390 g/mol. The predicted molar refractivity (Wildman–Crippen MR) is 106 cm³/mol. The summed E-state index contributed by atoms with van der Waals surface area (Å²) in [5.41, 5.74) is 2.29. The highest BCUT2D eigenvalue weighted by Gasteiger charge is 2.16. The minimum Gasteiger partial charge on any atom is -0.465 e. The number of amides is 1. The number of nitrogens with zero attached hydrogens (tertiary/aromatic N) is 4. The third-order valence-electron chi connectivity index (χ3n) is 4.11. The van der Waals surface area contributed by atoms with Gasteiger partial charge < -0.3 is 14.8 Å². The first-order valence-electron chi connectivity index (χ1n) is 8.86. The Balaban J connectivity index is 1.75. The van der Waals surface area contributed by atoms with Crippen LogP contribution in [-0.2, 0) is 20.8 Å². The van der Waals surface area contributed by atoms with Gasteiger partial charge in [-0.2, -0.15) is 4.80 Å². The molecule has 0 saturated carbocycles. The number of aromatic nitrogens is 4. The largest absolute Gasteiger partial charge is 0.465 e. The summed E-state index contributed by atoms with van der Waals surface area (Å²) in [4.78, 5) is 37.2. The van der Waals surface area contributed by atoms with Crippen molar-refractivity contribution in [2.75, 3.05) is 19.5 Å². The predicted octanol–water partition coefficient (Wildman–Crippen LogP) is 1.86. The Morgan fingerprint density at radius 3 is 2.13 bits per heavy atom. The molecule has 0 radical (unpaired) electrons. The van der Waals surface area contributed by atoms with Gasteiger partial charge in [-0.3, -0.25) is 4.79 Å². The van der Waals surface area contributed by atoms with Crippen LogP contribution in [0.5, 0.6) is 0 Å². The smallest absolute Gasteiger partial charge is 0.337 e. The molecular formula is C20H19N5O5. The Hall–Kier alpha value is -4.08. The monoisotopic (exact) mass is 409 g/mol. The highest BCUT2D eigenvalue weighted by molar-refractivity contribution is 5.99. The third-order valence-corrected chi connectivity index (χ3v) is 4.11. The van der Waals surface area contributed by atoms with Crippen LogP contribution in [0.3, 0.4) is 0 Å². The van der Waals surface area contributed by atoms with Gasteiger partial charge in [0.25, 0.3) is 0 Å². The van der Waals surface area contributed by atoms with E-state index in [0.29, 0.717) is 5.82 Å². The van der Waals surface area contributed by atoms with E-state index >= 15 is 0 Å². The molecule has 1 N–H and O–H groups in total. The van der Waals surface area contributed by atoms with Crippen LogP contribution < -0.4 is 5.32 Å². The van der Waals surface area contributed by atoms with E-state index in [1.54, 1.807) is 0 Å². The number of carbonyl (C=O) groups excluding carboxylic acids is 3. The number of tetrazole rings is 1. The average molecular weight is 409 g/mol. The average Bonchev–Trinajstić information content (AvgIpc) is 3.20. The summed E-state index contributed by atoms with van der Waals surface area (Å²) < 4.78 is 9.35. The number of hydrogen-bond donors (Lipinski definition) is 1. The third kappa shape index (κ3) is 4.85. The Kier molecular flexibility index (Phi) is 6.16. The molecule has 2 aromatic carbocycles. The van der Waals surface area contributed by atoms with Gasteiger partial charge in [0.15, 0.2) is 0 Å². The molecule has 10 heteroatoms. The number of ether oxygens (including phenoxy) is 2. The molecule has 0 fully saturated rings. The molecule has 3 rings (SSSR count). The van der Waals surface area contributed by atoms with Gasteiger partial charge in [0, 0.05) is 11.3 Å². The number of esters is 2. The topological polar surface area (TPSA) is 125 Å². The van der Waals surface area contributed by atoms with Crippen LogP contribution in [0.15, 0.2) is 42.5 Å². The normalized spacial score (nSPS) is 10.4. The minimum absolute atomic E-state index is 0.0937. The molecule has 1 amide bonds. The van der Waals surface area contributed by atoms with Gasteiger partial charge in [0.2, 0.25) is 11.7 Å². The molecule has 0 aliphatic carbocycles. The fourth-order valence-corrected chi connectivity index (χ4v) is 2.63. The fourth-order valence-electron chi connectivity index (χ4n) is 2.63. The maximum Gasteiger partial charge on any atom is 0.337 e. The van der Waals surface area contributed by atoms with Crippen molar-refractivity contribution in [3.05, 3.63) is 59.2 Å². The van der Waals surface area contributed by atoms with Crippen molar-refractivity contribution in [2.45, 2.75) is 13.5 Å². The van der Waals surface area contributed by atoms with E-state index in [2.05, 4.69) is 30.2 Å². The van der Waals surface area contributed by atoms with E-state index in [4.69, 9.17) is 0 Å². The van der Waals surface area contributed by atoms with Crippen molar-refractivity contribution in [3.63, 3.8) is 0 Å². The van der Waals surface area contributed by atoms with E-state index in [9.17, 15) is 14.4 Å². The zero-order valence-electron chi connectivity index (χ0n) is 16.6. The van der Waals surface area contributed by atoms with Crippen LogP contribution in [0.4, 0.5) is 5.69 Å². The fraction of sp³-hybridized carbons (Fsp3) is 0.200. The zero-order valence-corrected chi connectivity index (χ0v) is 16.6. The zero-order chi connectivity index (χ0) is 21.7. The van der Waals surface area contributed by atoms with Gasteiger partial charge in [-0.1, -0.05) is 29.8 Å². The van der Waals surface area contributed by atoms with Crippen LogP contribution in [0.1, 0.15) is 26.3 Å². The van der Waals surface area contributed by atoms with Crippen LogP contribution in [0.2, 0.25) is 0 Å². The molecule has 154 valence electrons. The highest BCUT2D eigenvalue weighted by atomic mass is 16.5. The van der Waals surface area contributed by atoms with Gasteiger partial charge in [0.05, 0.1) is 25.3 Å². The summed E-state index contributed by atoms with van der Waals surface area (Å²) in [5, 5.41) is 14.6. The maximum atomic E-state index is 12.4. The van der Waals surface area contributed by atoms with Crippen LogP contribution in [0, 0.1) is 6.92 Å². The quantitative estimate of drug-likeness (QED) is 0.612. The Bertz CT molecular complexity index is 1060. The molecule has 30 heavy (non-hydrogen) atoms. The number of methoxy groups -OCH3 is 2. The van der Waals surface area contributed by atoms with Crippen molar-refractivity contribution >= 4 is 23.5 Å². The molecule has 0 unspecified atom stereocenters. The standard InChI is InChI=1S/C20H19N5O5/c1-12-4-6-13(7-5-12)18-22-24-25(23-18)11-17(26)21-16-9-14(19(27)29-2)8-15(10-16)20(28)30-3/h4-10H,11H2,1-3H3,(H,21,26). The summed E-state index contributed by atoms with van der Waals surface area (Å²) >= 11 is 0. The van der Waals surface area contributed by atoms with E-state index in [1.807, 2.05) is 31.2 Å². The van der Waals surface area contributed by atoms with Crippen molar-refractivity contribution in [1.29, 1.82) is 0 Å². The summed E-state index contributed by atoms with van der Waals surface area (Å²) in [6.07, 6.45) is 0. The first-order chi connectivity index (χ1) is 14.4. The number of rotatable bonds is 6. The lowest BCUT2D eigenvalue weighted by Crippen LogP contribution is -2.21. The Morgan fingerprint density at radius 1 is 0.967 bits per heavy atom. The lowest BCUT2D eigenvalue weighted by atomic mass is 10.1. The molecule has 0 aliphatic heterocycles. The molecule has 1 heterocycles. The highest BCUT2D eigenvalue weighted by Crippen LogP contribution is 2.17. The van der Waals surface area contributed by atoms with Crippen LogP contribution in [0.25, 0.3) is 11.4 Å². The molecule has 3 aromatic rings. The summed E-state index contributed by atoms with van der Waals surface area (Å²) in [5.74, 6) is -1.39. The minimum atomic E-state index is -0.656. The van der Waals surface area contributed by atoms with E-state index < -0.39 is 17.8 Å². The van der Waals surface area contributed by atoms with Crippen molar-refractivity contribution < 1.29 is 23.9 Å². The number of nitrogens with one attached hydrogen (secondary N) is 1. The second-order valence-electron chi connectivity index (χ2n) is 6.34. The number of anilines is 1. The number of aryl methyl sites for hydroxylation is 1. The Labute approximate surface area is 171 Å². The van der Waals surface area contributed by atoms with Crippen molar-refractivity contribution in [2.24, 2.45) is 0 Å². The second kappa shape index (κ2) is 8.95. The lowest BCUT2D eigenvalue weighted by molar-refractivity contribution is -0.117. The molecule has 0 aliphatic rings. The molecule has 0 spiro atoms. The van der Waals surface area contributed by atoms with Gasteiger partial charge in [-0.15, -0.1) is 10.2 Å². The van der Waals surface area contributed by atoms with E-state index in [1.165, 1.54) is 32.4 Å². The second-order valence-corrected chi connectivity index (χ2v) is 6.34. The molecule has 1 aromatic heterocycles. The summed E-state index contributed by atoms with van der Waals surface area (Å²) in [7, 11) is 2.43. The van der Waals surface area contributed by atoms with Crippen molar-refractivity contribution in [1.82, 2.24) is 20.2 Å². The SMILES string of the molecule is COC(=O)c1cc(NC(=O)Cn2nnc(-c3ccc(C)cc3)n2)cc(C(=O)OC)c1. The van der Waals surface area contributed by atoms with Gasteiger partial charge in [-0.25, -0.2) is 9.59 Å². The first kappa shape index (κ1) is 20.6. The van der Waals surface area contributed by atoms with Gasteiger partial charge >= 0.3 is 11.9 Å². The molecule has 0 atom stereocenters. The number of hydrogen-bond acceptors (Lipinski definition) is 8. The lowest BCUT2D eigenvalue weighted by Gasteiger charge is -2.09.